The summed E-state index contributed by atoms with van der Waals surface area (Å²) in [6.45, 7) is -1.51. The quantitative estimate of drug-likeness (QED) is 0.121. The third-order valence-corrected chi connectivity index (χ3v) is 5.74. The molecule has 0 saturated carbocycles. The maximum atomic E-state index is 11.2. The van der Waals surface area contributed by atoms with Crippen molar-refractivity contribution in [3.63, 3.8) is 0 Å². The van der Waals surface area contributed by atoms with Crippen molar-refractivity contribution in [1.29, 1.82) is 0 Å². The van der Waals surface area contributed by atoms with Gasteiger partial charge in [0.15, 0.2) is 12.5 Å². The first kappa shape index (κ1) is 27.1. The number of nitro groups is 1. The van der Waals surface area contributed by atoms with E-state index in [0.29, 0.717) is 0 Å². The first-order valence-corrected chi connectivity index (χ1v) is 10.4. The van der Waals surface area contributed by atoms with E-state index in [1.165, 1.54) is 6.07 Å². The van der Waals surface area contributed by atoms with Crippen LogP contribution in [0.1, 0.15) is 10.4 Å². The van der Waals surface area contributed by atoms with Gasteiger partial charge in [0.2, 0.25) is 0 Å². The molecule has 0 bridgehead atoms. The van der Waals surface area contributed by atoms with E-state index >= 15 is 0 Å². The lowest BCUT2D eigenvalue weighted by Gasteiger charge is -2.46. The van der Waals surface area contributed by atoms with Crippen LogP contribution in [-0.4, -0.2) is 126 Å². The van der Waals surface area contributed by atoms with E-state index in [0.717, 1.165) is 12.1 Å². The number of carboxylic acid groups (broad SMARTS) is 1. The summed E-state index contributed by atoms with van der Waals surface area (Å²) in [7, 11) is 0. The number of rotatable bonds is 8. The van der Waals surface area contributed by atoms with Crippen molar-refractivity contribution in [2.24, 2.45) is 0 Å². The number of aromatic carboxylic acids is 1. The minimum atomic E-state index is -1.82. The Labute approximate surface area is 196 Å². The number of carboxylic acids is 1. The van der Waals surface area contributed by atoms with E-state index < -0.39 is 96.7 Å². The van der Waals surface area contributed by atoms with Gasteiger partial charge in [0.25, 0.3) is 5.69 Å². The van der Waals surface area contributed by atoms with Gasteiger partial charge in [0, 0.05) is 11.8 Å². The van der Waals surface area contributed by atoms with Gasteiger partial charge in [-0.05, 0) is 12.1 Å². The highest BCUT2D eigenvalue weighted by Crippen LogP contribution is 2.31. The van der Waals surface area contributed by atoms with Gasteiger partial charge in [-0.2, -0.15) is 0 Å². The van der Waals surface area contributed by atoms with Crippen molar-refractivity contribution in [2.75, 3.05) is 18.5 Å². The summed E-state index contributed by atoms with van der Waals surface area (Å²) >= 11 is 0. The minimum absolute atomic E-state index is 0.0389. The second-order valence-electron chi connectivity index (χ2n) is 8.00. The van der Waals surface area contributed by atoms with Crippen LogP contribution in [0, 0.1) is 10.1 Å². The number of carbonyl (C=O) groups is 1. The molecule has 16 nitrogen and oxygen atoms in total. The molecule has 0 spiro atoms. The molecule has 35 heavy (non-hydrogen) atoms. The fourth-order valence-electron chi connectivity index (χ4n) is 3.83. The van der Waals surface area contributed by atoms with Gasteiger partial charge < -0.3 is 60.4 Å². The summed E-state index contributed by atoms with van der Waals surface area (Å²) in [5, 5.41) is 92.9. The number of aliphatic hydroxyl groups is 7. The highest BCUT2D eigenvalue weighted by Gasteiger charge is 2.50. The molecule has 0 radical (unpaired) electrons. The van der Waals surface area contributed by atoms with E-state index in [4.69, 9.17) is 19.3 Å². The Morgan fingerprint density at radius 3 is 2.20 bits per heavy atom. The van der Waals surface area contributed by atoms with Crippen molar-refractivity contribution in [2.45, 2.75) is 61.3 Å². The molecule has 0 aromatic heterocycles. The number of nitrogens with one attached hydrogen (secondary N) is 1. The van der Waals surface area contributed by atoms with Gasteiger partial charge in [-0.25, -0.2) is 4.79 Å². The molecule has 10 atom stereocenters. The summed E-state index contributed by atoms with van der Waals surface area (Å²) in [6, 6.07) is 3.02. The fraction of sp³-hybridized carbons (Fsp3) is 0.632. The predicted octanol–water partition coefficient (Wildman–Crippen LogP) is -3.67. The molecule has 2 saturated heterocycles. The Morgan fingerprint density at radius 2 is 1.63 bits per heavy atom. The molecule has 3 rings (SSSR count). The number of anilines is 1. The molecule has 0 aliphatic carbocycles. The summed E-state index contributed by atoms with van der Waals surface area (Å²) < 4.78 is 16.2. The van der Waals surface area contributed by atoms with Crippen LogP contribution in [0.2, 0.25) is 0 Å². The Hall–Kier alpha value is -2.51. The van der Waals surface area contributed by atoms with Crippen LogP contribution in [0.3, 0.4) is 0 Å². The molecule has 1 aromatic rings. The van der Waals surface area contributed by atoms with E-state index in [1.54, 1.807) is 0 Å². The number of ether oxygens (including phenoxy) is 3. The summed E-state index contributed by atoms with van der Waals surface area (Å²) in [5.74, 6) is -1.53. The Kier molecular flexibility index (Phi) is 8.54. The maximum absolute atomic E-state index is 11.2. The molecule has 2 heterocycles. The van der Waals surface area contributed by atoms with E-state index in [-0.39, 0.29) is 5.69 Å². The van der Waals surface area contributed by atoms with Crippen molar-refractivity contribution >= 4 is 17.3 Å². The number of nitro benzene ring substituents is 1. The molecule has 196 valence electrons. The third kappa shape index (κ3) is 5.51. The molecule has 2 fully saturated rings. The molecular formula is C19H26N2O14. The van der Waals surface area contributed by atoms with Crippen molar-refractivity contribution in [3.8, 4) is 0 Å². The third-order valence-electron chi connectivity index (χ3n) is 5.74. The van der Waals surface area contributed by atoms with Crippen LogP contribution in [0.5, 0.6) is 0 Å². The zero-order valence-corrected chi connectivity index (χ0v) is 17.9. The Balaban J connectivity index is 1.76. The second kappa shape index (κ2) is 11.0. The van der Waals surface area contributed by atoms with Crippen LogP contribution in [0.4, 0.5) is 11.4 Å². The van der Waals surface area contributed by atoms with Crippen LogP contribution >= 0.6 is 0 Å². The minimum Gasteiger partial charge on any atom is -0.477 e. The van der Waals surface area contributed by atoms with Gasteiger partial charge in [-0.15, -0.1) is 0 Å². The maximum Gasteiger partial charge on any atom is 0.342 e. The monoisotopic (exact) mass is 506 g/mol. The molecule has 0 unspecified atom stereocenters. The Morgan fingerprint density at radius 1 is 0.971 bits per heavy atom. The normalized spacial score (nSPS) is 37.6. The second-order valence-corrected chi connectivity index (χ2v) is 8.00. The average Bonchev–Trinajstić information content (AvgIpc) is 2.83. The number of nitrogens with zero attached hydrogens (tertiary/aromatic N) is 1. The number of hydrogen-bond donors (Lipinski definition) is 9. The topological polar surface area (TPSA) is 262 Å². The molecular weight excluding hydrogens is 480 g/mol. The molecule has 9 N–H and O–H groups in total. The van der Waals surface area contributed by atoms with Crippen molar-refractivity contribution < 1.29 is 64.8 Å². The molecule has 1 aromatic carbocycles. The fourth-order valence-corrected chi connectivity index (χ4v) is 3.83. The largest absolute Gasteiger partial charge is 0.477 e. The smallest absolute Gasteiger partial charge is 0.342 e. The zero-order valence-electron chi connectivity index (χ0n) is 17.9. The molecule has 16 heteroatoms. The predicted molar refractivity (Wildman–Crippen MR) is 110 cm³/mol. The van der Waals surface area contributed by atoms with Crippen LogP contribution in [0.25, 0.3) is 0 Å². The number of hydrogen-bond acceptors (Lipinski definition) is 14. The number of aliphatic hydroxyl groups excluding tert-OH is 7. The van der Waals surface area contributed by atoms with Crippen molar-refractivity contribution in [3.05, 3.63) is 33.9 Å². The van der Waals surface area contributed by atoms with Crippen molar-refractivity contribution in [1.82, 2.24) is 0 Å². The van der Waals surface area contributed by atoms with Gasteiger partial charge in [-0.3, -0.25) is 10.1 Å². The summed E-state index contributed by atoms with van der Waals surface area (Å²) in [5.41, 5.74) is -1.36. The lowest BCUT2D eigenvalue weighted by atomic mass is 9.96. The lowest BCUT2D eigenvalue weighted by Crippen LogP contribution is -2.65. The van der Waals surface area contributed by atoms with Crippen LogP contribution in [0.15, 0.2) is 18.2 Å². The standard InChI is InChI=1S/C19H26N2O14/c22-4-9-11(24)12(25)15(28)19(34-9)35-16-10(5-23)33-17(14(27)13(16)26)20-6-1-2-7(18(29)30)8(3-6)21(31)32/h1-3,9-17,19-20,22-28H,4-5H2,(H,29,30)/t9-,10-,11+,12+,13-,14-,15+,16+,17+,19+/m0/s1. The summed E-state index contributed by atoms with van der Waals surface area (Å²) in [6.07, 6.45) is -16.2. The van der Waals surface area contributed by atoms with Crippen LogP contribution in [-0.2, 0) is 14.2 Å². The number of benzene rings is 1. The molecule has 0 amide bonds. The first-order chi connectivity index (χ1) is 16.5. The van der Waals surface area contributed by atoms with Gasteiger partial charge >= 0.3 is 5.97 Å². The highest BCUT2D eigenvalue weighted by molar-refractivity contribution is 5.93. The zero-order chi connectivity index (χ0) is 26.0. The molecule has 2 aliphatic heterocycles. The SMILES string of the molecule is O=C(O)c1ccc(N[C@@H]2O[C@@H](CO)[C@@H](O[C@H]3O[C@@H](CO)[C@@H](O)[C@@H](O)[C@H]3O)[C@@H](O)[C@@H]2O)cc1[N+](=O)[O-]. The Bertz CT molecular complexity index is 914. The first-order valence-electron chi connectivity index (χ1n) is 10.4. The van der Waals surface area contributed by atoms with E-state index in [1.807, 2.05) is 0 Å². The van der Waals surface area contributed by atoms with Gasteiger partial charge in [-0.1, -0.05) is 0 Å². The average molecular weight is 506 g/mol. The molecule has 2 aliphatic rings. The van der Waals surface area contributed by atoms with Gasteiger partial charge in [0.05, 0.1) is 18.1 Å². The highest BCUT2D eigenvalue weighted by atomic mass is 16.7. The lowest BCUT2D eigenvalue weighted by molar-refractivity contribution is -0.385. The summed E-state index contributed by atoms with van der Waals surface area (Å²) in [4.78, 5) is 21.5. The van der Waals surface area contributed by atoms with E-state index in [2.05, 4.69) is 5.32 Å². The van der Waals surface area contributed by atoms with Gasteiger partial charge in [0.1, 0.15) is 54.4 Å². The van der Waals surface area contributed by atoms with E-state index in [9.17, 15) is 50.7 Å². The van der Waals surface area contributed by atoms with Crippen LogP contribution < -0.4 is 5.32 Å².